The van der Waals surface area contributed by atoms with Crippen molar-refractivity contribution in [2.24, 2.45) is 11.8 Å². The Balaban J connectivity index is 0.00000144. The Morgan fingerprint density at radius 3 is 3.00 bits per heavy atom. The van der Waals surface area contributed by atoms with E-state index in [2.05, 4.69) is 15.2 Å². The zero-order valence-electron chi connectivity index (χ0n) is 12.5. The third kappa shape index (κ3) is 2.83. The first kappa shape index (κ1) is 15.7. The van der Waals surface area contributed by atoms with Crippen LogP contribution in [-0.4, -0.2) is 36.1 Å². The molecule has 2 aliphatic rings. The van der Waals surface area contributed by atoms with Gasteiger partial charge in [-0.1, -0.05) is 6.07 Å². The summed E-state index contributed by atoms with van der Waals surface area (Å²) in [6, 6.07) is 7.08. The number of aromatic nitrogens is 1. The van der Waals surface area contributed by atoms with E-state index < -0.39 is 0 Å². The van der Waals surface area contributed by atoms with Gasteiger partial charge < -0.3 is 5.32 Å². The van der Waals surface area contributed by atoms with E-state index in [1.54, 1.807) is 18.3 Å². The highest BCUT2D eigenvalue weighted by Crippen LogP contribution is 2.28. The topological polar surface area (TPSA) is 28.2 Å². The molecule has 0 amide bonds. The second kappa shape index (κ2) is 6.49. The minimum absolute atomic E-state index is 0. The van der Waals surface area contributed by atoms with Crippen molar-refractivity contribution < 1.29 is 4.39 Å². The second-order valence-electron chi connectivity index (χ2n) is 6.31. The molecule has 2 atom stereocenters. The summed E-state index contributed by atoms with van der Waals surface area (Å²) in [6.07, 6.45) is 3.02. The van der Waals surface area contributed by atoms with Crippen LogP contribution in [-0.2, 0) is 6.54 Å². The van der Waals surface area contributed by atoms with Gasteiger partial charge in [0.15, 0.2) is 0 Å². The molecule has 118 valence electrons. The fraction of sp³-hybridized carbons (Fsp3) is 0.471. The Morgan fingerprint density at radius 1 is 1.23 bits per heavy atom. The molecule has 0 radical (unpaired) electrons. The van der Waals surface area contributed by atoms with Gasteiger partial charge in [0.25, 0.3) is 0 Å². The van der Waals surface area contributed by atoms with Gasteiger partial charge in [-0.25, -0.2) is 4.39 Å². The van der Waals surface area contributed by atoms with E-state index in [0.717, 1.165) is 49.1 Å². The van der Waals surface area contributed by atoms with E-state index in [1.807, 2.05) is 12.1 Å². The van der Waals surface area contributed by atoms with Crippen LogP contribution in [0, 0.1) is 17.7 Å². The monoisotopic (exact) mass is 321 g/mol. The highest BCUT2D eigenvalue weighted by Gasteiger charge is 2.32. The van der Waals surface area contributed by atoms with Gasteiger partial charge in [-0.05, 0) is 61.7 Å². The highest BCUT2D eigenvalue weighted by molar-refractivity contribution is 5.85. The first-order valence-electron chi connectivity index (χ1n) is 7.76. The smallest absolute Gasteiger partial charge is 0.132 e. The molecule has 0 saturated carbocycles. The van der Waals surface area contributed by atoms with Crippen LogP contribution in [0.1, 0.15) is 12.0 Å². The van der Waals surface area contributed by atoms with Crippen LogP contribution in [0.15, 0.2) is 30.5 Å². The van der Waals surface area contributed by atoms with Crippen molar-refractivity contribution in [1.29, 1.82) is 0 Å². The number of pyridine rings is 1. The Labute approximate surface area is 136 Å². The van der Waals surface area contributed by atoms with Gasteiger partial charge >= 0.3 is 0 Å². The van der Waals surface area contributed by atoms with Gasteiger partial charge in [-0.3, -0.25) is 9.88 Å². The summed E-state index contributed by atoms with van der Waals surface area (Å²) >= 11 is 0. The molecular formula is C17H21ClFN3. The van der Waals surface area contributed by atoms with E-state index in [4.69, 9.17) is 0 Å². The van der Waals surface area contributed by atoms with Crippen LogP contribution < -0.4 is 5.32 Å². The third-order valence-electron chi connectivity index (χ3n) is 4.98. The maximum Gasteiger partial charge on any atom is 0.132 e. The van der Waals surface area contributed by atoms with E-state index >= 15 is 0 Å². The first-order valence-corrected chi connectivity index (χ1v) is 7.76. The molecule has 2 unspecified atom stereocenters. The van der Waals surface area contributed by atoms with Crippen LogP contribution in [0.4, 0.5) is 4.39 Å². The number of nitrogens with one attached hydrogen (secondary N) is 1. The van der Waals surface area contributed by atoms with Crippen molar-refractivity contribution in [2.75, 3.05) is 26.2 Å². The van der Waals surface area contributed by atoms with Crippen LogP contribution >= 0.6 is 12.4 Å². The summed E-state index contributed by atoms with van der Waals surface area (Å²) in [5.41, 5.74) is 1.94. The lowest BCUT2D eigenvalue weighted by Gasteiger charge is -2.34. The molecule has 2 aliphatic heterocycles. The van der Waals surface area contributed by atoms with Crippen molar-refractivity contribution in [2.45, 2.75) is 13.0 Å². The molecule has 2 fully saturated rings. The molecule has 1 aromatic carbocycles. The first-order chi connectivity index (χ1) is 10.3. The standard InChI is InChI=1S/C17H20FN3.ClH/c18-16-4-3-13(17-15(16)2-1-6-20-17)10-21-7-5-12-8-19-9-14(12)11-21;/h1-4,6,12,14,19H,5,7-11H2;1H. The largest absolute Gasteiger partial charge is 0.316 e. The quantitative estimate of drug-likeness (QED) is 0.922. The predicted octanol–water partition coefficient (Wildman–Crippen LogP) is 2.84. The number of hydrogen-bond acceptors (Lipinski definition) is 3. The van der Waals surface area contributed by atoms with Gasteiger partial charge in [-0.15, -0.1) is 12.4 Å². The van der Waals surface area contributed by atoms with Gasteiger partial charge in [0.2, 0.25) is 0 Å². The third-order valence-corrected chi connectivity index (χ3v) is 4.98. The van der Waals surface area contributed by atoms with E-state index in [1.165, 1.54) is 13.0 Å². The van der Waals surface area contributed by atoms with Crippen molar-refractivity contribution >= 4 is 23.3 Å². The van der Waals surface area contributed by atoms with Gasteiger partial charge in [-0.2, -0.15) is 0 Å². The second-order valence-corrected chi connectivity index (χ2v) is 6.31. The normalized spacial score (nSPS) is 25.0. The van der Waals surface area contributed by atoms with Crippen LogP contribution in [0.3, 0.4) is 0 Å². The summed E-state index contributed by atoms with van der Waals surface area (Å²) < 4.78 is 13.9. The van der Waals surface area contributed by atoms with Crippen molar-refractivity contribution in [1.82, 2.24) is 15.2 Å². The lowest BCUT2D eigenvalue weighted by Crippen LogP contribution is -2.39. The summed E-state index contributed by atoms with van der Waals surface area (Å²) in [7, 11) is 0. The Kier molecular flexibility index (Phi) is 4.62. The summed E-state index contributed by atoms with van der Waals surface area (Å²) in [5, 5.41) is 4.13. The maximum atomic E-state index is 13.9. The summed E-state index contributed by atoms with van der Waals surface area (Å²) in [4.78, 5) is 6.89. The molecule has 0 aliphatic carbocycles. The zero-order valence-corrected chi connectivity index (χ0v) is 13.3. The molecule has 0 spiro atoms. The fourth-order valence-electron chi connectivity index (χ4n) is 3.82. The van der Waals surface area contributed by atoms with E-state index in [-0.39, 0.29) is 18.2 Å². The van der Waals surface area contributed by atoms with Crippen molar-refractivity contribution in [3.63, 3.8) is 0 Å². The predicted molar refractivity (Wildman–Crippen MR) is 88.7 cm³/mol. The lowest BCUT2D eigenvalue weighted by molar-refractivity contribution is 0.142. The van der Waals surface area contributed by atoms with Crippen LogP contribution in [0.5, 0.6) is 0 Å². The Hall–Kier alpha value is -1.23. The molecule has 0 bridgehead atoms. The minimum Gasteiger partial charge on any atom is -0.316 e. The van der Waals surface area contributed by atoms with Crippen molar-refractivity contribution in [3.8, 4) is 0 Å². The van der Waals surface area contributed by atoms with Gasteiger partial charge in [0, 0.05) is 24.7 Å². The average molecular weight is 322 g/mol. The van der Waals surface area contributed by atoms with Crippen molar-refractivity contribution in [3.05, 3.63) is 41.8 Å². The molecule has 4 rings (SSSR count). The summed E-state index contributed by atoms with van der Waals surface area (Å²) in [5.74, 6) is 1.45. The molecular weight excluding hydrogens is 301 g/mol. The average Bonchev–Trinajstić information content (AvgIpc) is 2.98. The fourth-order valence-corrected chi connectivity index (χ4v) is 3.82. The molecule has 2 aromatic rings. The Morgan fingerprint density at radius 2 is 2.09 bits per heavy atom. The Bertz CT molecular complexity index is 663. The van der Waals surface area contributed by atoms with Gasteiger partial charge in [0.05, 0.1) is 5.52 Å². The molecule has 3 nitrogen and oxygen atoms in total. The molecule has 5 heteroatoms. The SMILES string of the molecule is Cl.Fc1ccc(CN2CCC3CNCC3C2)c2ncccc12. The molecule has 22 heavy (non-hydrogen) atoms. The molecule has 1 aromatic heterocycles. The van der Waals surface area contributed by atoms with E-state index in [9.17, 15) is 4.39 Å². The molecule has 1 N–H and O–H groups in total. The number of piperidine rings is 1. The number of likely N-dealkylation sites (tertiary alicyclic amines) is 1. The summed E-state index contributed by atoms with van der Waals surface area (Å²) in [6.45, 7) is 5.47. The van der Waals surface area contributed by atoms with E-state index in [0.29, 0.717) is 5.39 Å². The number of hydrogen-bond donors (Lipinski definition) is 1. The van der Waals surface area contributed by atoms with Crippen LogP contribution in [0.25, 0.3) is 10.9 Å². The number of fused-ring (bicyclic) bond motifs is 2. The molecule has 3 heterocycles. The number of benzene rings is 1. The lowest BCUT2D eigenvalue weighted by atomic mass is 9.88. The number of nitrogens with zero attached hydrogens (tertiary/aromatic N) is 2. The minimum atomic E-state index is -0.180. The number of halogens is 2. The zero-order chi connectivity index (χ0) is 14.2. The number of rotatable bonds is 2. The highest BCUT2D eigenvalue weighted by atomic mass is 35.5. The van der Waals surface area contributed by atoms with Crippen LogP contribution in [0.2, 0.25) is 0 Å². The maximum absolute atomic E-state index is 13.9. The molecule has 2 saturated heterocycles. The van der Waals surface area contributed by atoms with Gasteiger partial charge in [0.1, 0.15) is 5.82 Å².